The minimum Gasteiger partial charge on any atom is -0.508 e. The molecule has 1 atom stereocenters. The van der Waals surface area contributed by atoms with Gasteiger partial charge in [-0.15, -0.1) is 0 Å². The maximum Gasteiger partial charge on any atom is 0.311 e. The number of carbonyl (C=O) groups excluding carboxylic acids is 1. The Hall–Kier alpha value is -1.75. The number of carboxylic acids is 1. The molecule has 0 bridgehead atoms. The van der Waals surface area contributed by atoms with E-state index in [0.29, 0.717) is 6.42 Å². The molecule has 19 heavy (non-hydrogen) atoms. The van der Waals surface area contributed by atoms with E-state index >= 15 is 0 Å². The highest BCUT2D eigenvalue weighted by molar-refractivity contribution is 6.33. The fourth-order valence-corrected chi connectivity index (χ4v) is 1.61. The normalized spacial score (nSPS) is 13.6. The lowest BCUT2D eigenvalue weighted by Gasteiger charge is -2.23. The number of hydrogen-bond acceptors (Lipinski definition) is 3. The first-order chi connectivity index (χ1) is 8.80. The molecule has 1 unspecified atom stereocenters. The summed E-state index contributed by atoms with van der Waals surface area (Å²) in [5, 5.41) is 21.1. The first-order valence-electron chi connectivity index (χ1n) is 5.80. The zero-order valence-corrected chi connectivity index (χ0v) is 11.5. The topological polar surface area (TPSA) is 86.6 Å². The summed E-state index contributed by atoms with van der Waals surface area (Å²) in [5.74, 6) is -1.56. The Labute approximate surface area is 116 Å². The zero-order valence-electron chi connectivity index (χ0n) is 10.7. The molecule has 0 heterocycles. The average molecular weight is 286 g/mol. The highest BCUT2D eigenvalue weighted by Gasteiger charge is 2.31. The lowest BCUT2D eigenvalue weighted by molar-refractivity contribution is -0.147. The molecule has 1 rings (SSSR count). The van der Waals surface area contributed by atoms with Crippen LogP contribution in [0, 0.1) is 5.41 Å². The summed E-state index contributed by atoms with van der Waals surface area (Å²) in [6.07, 6.45) is 0.385. The van der Waals surface area contributed by atoms with Crippen LogP contribution in [0.2, 0.25) is 5.02 Å². The van der Waals surface area contributed by atoms with Gasteiger partial charge < -0.3 is 15.5 Å². The van der Waals surface area contributed by atoms with Crippen molar-refractivity contribution in [3.63, 3.8) is 0 Å². The second-order valence-corrected chi connectivity index (χ2v) is 4.97. The van der Waals surface area contributed by atoms with Crippen LogP contribution in [0.4, 0.5) is 0 Å². The number of nitrogens with one attached hydrogen (secondary N) is 1. The van der Waals surface area contributed by atoms with E-state index in [-0.39, 0.29) is 22.9 Å². The molecule has 0 radical (unpaired) electrons. The second kappa shape index (κ2) is 5.93. The van der Waals surface area contributed by atoms with Crippen LogP contribution >= 0.6 is 11.6 Å². The van der Waals surface area contributed by atoms with Crippen molar-refractivity contribution in [1.29, 1.82) is 0 Å². The number of amides is 1. The maximum atomic E-state index is 11.9. The van der Waals surface area contributed by atoms with Crippen molar-refractivity contribution in [3.05, 3.63) is 28.8 Å². The van der Waals surface area contributed by atoms with Crippen LogP contribution in [0.25, 0.3) is 0 Å². The molecule has 0 saturated heterocycles. The Morgan fingerprint density at radius 1 is 1.42 bits per heavy atom. The van der Waals surface area contributed by atoms with Gasteiger partial charge in [0.1, 0.15) is 5.75 Å². The molecule has 5 nitrogen and oxygen atoms in total. The Balaban J connectivity index is 2.81. The van der Waals surface area contributed by atoms with E-state index < -0.39 is 17.3 Å². The molecule has 1 amide bonds. The fraction of sp³-hybridized carbons (Fsp3) is 0.385. The summed E-state index contributed by atoms with van der Waals surface area (Å²) in [4.78, 5) is 23.0. The van der Waals surface area contributed by atoms with E-state index in [4.69, 9.17) is 16.7 Å². The summed E-state index contributed by atoms with van der Waals surface area (Å²) in [6, 6.07) is 4.01. The first kappa shape index (κ1) is 15.3. The van der Waals surface area contributed by atoms with Gasteiger partial charge in [0.25, 0.3) is 5.91 Å². The Bertz CT molecular complexity index is 503. The molecule has 104 valence electrons. The van der Waals surface area contributed by atoms with Gasteiger partial charge in [0.05, 0.1) is 16.0 Å². The SMILES string of the molecule is CCC(C)(CNC(=O)c1cc(O)ccc1Cl)C(=O)O. The minimum absolute atomic E-state index is 0.0103. The van der Waals surface area contributed by atoms with Gasteiger partial charge in [-0.3, -0.25) is 9.59 Å². The Morgan fingerprint density at radius 3 is 2.58 bits per heavy atom. The molecular formula is C13H16ClNO4. The number of aliphatic carboxylic acids is 1. The maximum absolute atomic E-state index is 11.9. The molecule has 0 aliphatic rings. The van der Waals surface area contributed by atoms with Crippen LogP contribution in [0.3, 0.4) is 0 Å². The third kappa shape index (κ3) is 3.61. The predicted octanol–water partition coefficient (Wildman–Crippen LogP) is 2.28. The van der Waals surface area contributed by atoms with Crippen LogP contribution in [-0.2, 0) is 4.79 Å². The highest BCUT2D eigenvalue weighted by Crippen LogP contribution is 2.23. The molecule has 0 aromatic heterocycles. The molecule has 0 aliphatic heterocycles. The van der Waals surface area contributed by atoms with E-state index in [2.05, 4.69) is 5.32 Å². The summed E-state index contributed by atoms with van der Waals surface area (Å²) >= 11 is 5.85. The molecule has 3 N–H and O–H groups in total. The molecule has 1 aromatic rings. The number of phenols is 1. The number of halogens is 1. The monoisotopic (exact) mass is 285 g/mol. The zero-order chi connectivity index (χ0) is 14.6. The first-order valence-corrected chi connectivity index (χ1v) is 6.18. The van der Waals surface area contributed by atoms with Crippen LogP contribution in [0.1, 0.15) is 30.6 Å². The number of carbonyl (C=O) groups is 2. The summed E-state index contributed by atoms with van der Waals surface area (Å²) in [7, 11) is 0. The Morgan fingerprint density at radius 2 is 2.05 bits per heavy atom. The smallest absolute Gasteiger partial charge is 0.311 e. The van der Waals surface area contributed by atoms with E-state index in [9.17, 15) is 14.7 Å². The number of aromatic hydroxyl groups is 1. The molecular weight excluding hydrogens is 270 g/mol. The third-order valence-corrected chi connectivity index (χ3v) is 3.46. The molecule has 0 fully saturated rings. The number of rotatable bonds is 5. The van der Waals surface area contributed by atoms with Gasteiger partial charge in [0.15, 0.2) is 0 Å². The van der Waals surface area contributed by atoms with Crippen molar-refractivity contribution < 1.29 is 19.8 Å². The van der Waals surface area contributed by atoms with Gasteiger partial charge in [0, 0.05) is 6.54 Å². The van der Waals surface area contributed by atoms with Crippen molar-refractivity contribution in [2.45, 2.75) is 20.3 Å². The average Bonchev–Trinajstić information content (AvgIpc) is 2.38. The van der Waals surface area contributed by atoms with Crippen LogP contribution in [0.15, 0.2) is 18.2 Å². The molecule has 0 saturated carbocycles. The summed E-state index contributed by atoms with van der Waals surface area (Å²) in [5.41, 5.74) is -0.913. The van der Waals surface area contributed by atoms with E-state index in [1.165, 1.54) is 18.2 Å². The van der Waals surface area contributed by atoms with Gasteiger partial charge in [-0.2, -0.15) is 0 Å². The predicted molar refractivity (Wildman–Crippen MR) is 71.5 cm³/mol. The van der Waals surface area contributed by atoms with Crippen LogP contribution < -0.4 is 5.32 Å². The quantitative estimate of drug-likeness (QED) is 0.774. The lowest BCUT2D eigenvalue weighted by Crippen LogP contribution is -2.40. The molecule has 0 aliphatic carbocycles. The Kier molecular flexibility index (Phi) is 4.78. The van der Waals surface area contributed by atoms with Gasteiger partial charge >= 0.3 is 5.97 Å². The minimum atomic E-state index is -1.03. The van der Waals surface area contributed by atoms with Gasteiger partial charge in [-0.1, -0.05) is 18.5 Å². The number of carboxylic acid groups (broad SMARTS) is 1. The van der Waals surface area contributed by atoms with Gasteiger partial charge in [-0.05, 0) is 31.5 Å². The van der Waals surface area contributed by atoms with E-state index in [0.717, 1.165) is 0 Å². The van der Waals surface area contributed by atoms with E-state index in [1.54, 1.807) is 13.8 Å². The van der Waals surface area contributed by atoms with Crippen molar-refractivity contribution in [2.75, 3.05) is 6.54 Å². The molecule has 6 heteroatoms. The standard InChI is InChI=1S/C13H16ClNO4/c1-3-13(2,12(18)19)7-15-11(17)9-6-8(16)4-5-10(9)14/h4-6,16H,3,7H2,1-2H3,(H,15,17)(H,18,19). The largest absolute Gasteiger partial charge is 0.508 e. The number of benzene rings is 1. The van der Waals surface area contributed by atoms with Gasteiger partial charge in [0.2, 0.25) is 0 Å². The molecule has 1 aromatic carbocycles. The third-order valence-electron chi connectivity index (χ3n) is 3.13. The second-order valence-electron chi connectivity index (χ2n) is 4.57. The van der Waals surface area contributed by atoms with Crippen molar-refractivity contribution in [3.8, 4) is 5.75 Å². The van der Waals surface area contributed by atoms with Gasteiger partial charge in [-0.25, -0.2) is 0 Å². The lowest BCUT2D eigenvalue weighted by atomic mass is 9.87. The van der Waals surface area contributed by atoms with Crippen molar-refractivity contribution in [1.82, 2.24) is 5.32 Å². The fourth-order valence-electron chi connectivity index (χ4n) is 1.41. The van der Waals surface area contributed by atoms with Crippen LogP contribution in [-0.4, -0.2) is 28.6 Å². The van der Waals surface area contributed by atoms with Crippen molar-refractivity contribution in [2.24, 2.45) is 5.41 Å². The molecule has 0 spiro atoms. The highest BCUT2D eigenvalue weighted by atomic mass is 35.5. The van der Waals surface area contributed by atoms with Crippen LogP contribution in [0.5, 0.6) is 5.75 Å². The summed E-state index contributed by atoms with van der Waals surface area (Å²) < 4.78 is 0. The number of phenolic OH excluding ortho intramolecular Hbond substituents is 1. The summed E-state index contributed by atoms with van der Waals surface area (Å²) in [6.45, 7) is 3.28. The van der Waals surface area contributed by atoms with E-state index in [1.807, 2.05) is 0 Å². The number of hydrogen-bond donors (Lipinski definition) is 3. The van der Waals surface area contributed by atoms with Crippen molar-refractivity contribution >= 4 is 23.5 Å².